The number of carbonyl (C=O) groups is 3. The minimum absolute atomic E-state index is 0.0913. The number of halogens is 1. The van der Waals surface area contributed by atoms with Crippen LogP contribution in [0.3, 0.4) is 0 Å². The number of fused-ring (bicyclic) bond motifs is 2. The number of carbonyl (C=O) groups excluding carboxylic acids is 3. The first-order valence-electron chi connectivity index (χ1n) is 15.4. The van der Waals surface area contributed by atoms with Crippen LogP contribution in [0.15, 0.2) is 24.5 Å². The molecule has 13 heteroatoms. The first kappa shape index (κ1) is 32.7. The molecule has 4 amide bonds. The van der Waals surface area contributed by atoms with Gasteiger partial charge in [-0.1, -0.05) is 12.8 Å². The second kappa shape index (κ2) is 12.6. The Balaban J connectivity index is 1.60. The smallest absolute Gasteiger partial charge is 0.415 e. The normalized spacial score (nSPS) is 15.2. The van der Waals surface area contributed by atoms with Gasteiger partial charge in [0.1, 0.15) is 29.3 Å². The molecule has 5 rings (SSSR count). The summed E-state index contributed by atoms with van der Waals surface area (Å²) in [5.41, 5.74) is -0.410. The van der Waals surface area contributed by atoms with Crippen molar-refractivity contribution in [2.24, 2.45) is 0 Å². The van der Waals surface area contributed by atoms with Crippen LogP contribution < -0.4 is 25.6 Å². The van der Waals surface area contributed by atoms with E-state index in [1.165, 1.54) is 17.3 Å². The van der Waals surface area contributed by atoms with E-state index in [4.69, 9.17) is 14.2 Å². The van der Waals surface area contributed by atoms with E-state index in [0.29, 0.717) is 22.2 Å². The van der Waals surface area contributed by atoms with E-state index in [9.17, 15) is 14.4 Å². The minimum Gasteiger partial charge on any atom is -0.474 e. The molecule has 0 unspecified atom stereocenters. The molecule has 12 nitrogen and oxygen atoms in total. The van der Waals surface area contributed by atoms with Crippen molar-refractivity contribution < 1.29 is 33.0 Å². The zero-order chi connectivity index (χ0) is 33.4. The number of aromatic nitrogens is 2. The van der Waals surface area contributed by atoms with Crippen LogP contribution in [-0.4, -0.2) is 58.6 Å². The molecule has 0 bridgehead atoms. The number of benzene rings is 1. The zero-order valence-electron chi connectivity index (χ0n) is 27.3. The average Bonchev–Trinajstić information content (AvgIpc) is 3.45. The molecule has 1 aliphatic heterocycles. The number of anilines is 3. The lowest BCUT2D eigenvalue weighted by molar-refractivity contribution is 0.0565. The monoisotopic (exact) mass is 636 g/mol. The molecular formula is C33H41FN6O6. The summed E-state index contributed by atoms with van der Waals surface area (Å²) in [6.45, 7) is 12.6. The second-order valence-electron chi connectivity index (χ2n) is 13.5. The number of urea groups is 1. The van der Waals surface area contributed by atoms with Crippen molar-refractivity contribution in [3.63, 3.8) is 0 Å². The van der Waals surface area contributed by atoms with Gasteiger partial charge in [0.2, 0.25) is 5.88 Å². The minimum atomic E-state index is -0.854. The molecule has 46 heavy (non-hydrogen) atoms. The highest BCUT2D eigenvalue weighted by atomic mass is 19.1. The van der Waals surface area contributed by atoms with Crippen molar-refractivity contribution in [1.82, 2.24) is 15.3 Å². The van der Waals surface area contributed by atoms with Gasteiger partial charge in [-0.2, -0.15) is 0 Å². The van der Waals surface area contributed by atoms with Crippen LogP contribution in [0.5, 0.6) is 5.88 Å². The molecule has 2 aliphatic rings. The van der Waals surface area contributed by atoms with Crippen molar-refractivity contribution in [2.75, 3.05) is 28.7 Å². The highest BCUT2D eigenvalue weighted by Gasteiger charge is 2.32. The van der Waals surface area contributed by atoms with E-state index in [1.54, 1.807) is 60.6 Å². The number of nitrogens with one attached hydrogen (secondary N) is 3. The van der Waals surface area contributed by atoms with Gasteiger partial charge in [0, 0.05) is 34.9 Å². The quantitative estimate of drug-likeness (QED) is 0.271. The summed E-state index contributed by atoms with van der Waals surface area (Å²) in [6, 6.07) is 2.91. The third-order valence-electron chi connectivity index (χ3n) is 7.52. The molecule has 3 aromatic rings. The highest BCUT2D eigenvalue weighted by molar-refractivity contribution is 6.05. The number of amides is 4. The van der Waals surface area contributed by atoms with Gasteiger partial charge in [-0.15, -0.1) is 0 Å². The Hall–Kier alpha value is -4.68. The number of nitrogens with zero attached hydrogens (tertiary/aromatic N) is 3. The third-order valence-corrected chi connectivity index (χ3v) is 7.52. The molecule has 2 aromatic heterocycles. The Morgan fingerprint density at radius 1 is 0.957 bits per heavy atom. The lowest BCUT2D eigenvalue weighted by Gasteiger charge is -2.32. The lowest BCUT2D eigenvalue weighted by atomic mass is 9.96. The van der Waals surface area contributed by atoms with Gasteiger partial charge < -0.3 is 19.5 Å². The van der Waals surface area contributed by atoms with Crippen molar-refractivity contribution in [1.29, 1.82) is 0 Å². The first-order valence-corrected chi connectivity index (χ1v) is 15.4. The molecule has 1 aliphatic carbocycles. The molecule has 1 aromatic carbocycles. The maximum atomic E-state index is 16.6. The molecule has 0 radical (unpaired) electrons. The predicted octanol–water partition coefficient (Wildman–Crippen LogP) is 7.29. The standard InChI is InChI=1S/C33H41FN6O6/c1-18-22(16-36-28-27(18)40(12-13-44-28)31(43)46-33(5,6)7)21-14-19-15-24(38-29(41)37-20-10-8-9-11-20)35-17-23(19)26(25(21)34)39-30(42)45-32(2,3)4/h14-17,20H,8-13H2,1-7H3,(H,39,42)(H2,35,37,38,41). The molecule has 0 saturated heterocycles. The number of ether oxygens (including phenoxy) is 3. The molecular weight excluding hydrogens is 595 g/mol. The number of pyridine rings is 2. The summed E-state index contributed by atoms with van der Waals surface area (Å²) in [6.07, 6.45) is 5.39. The van der Waals surface area contributed by atoms with E-state index < -0.39 is 29.2 Å². The number of hydrogen-bond donors (Lipinski definition) is 3. The van der Waals surface area contributed by atoms with E-state index in [2.05, 4.69) is 25.9 Å². The fourth-order valence-corrected chi connectivity index (χ4v) is 5.58. The Morgan fingerprint density at radius 3 is 2.33 bits per heavy atom. The van der Waals surface area contributed by atoms with Crippen LogP contribution in [0.25, 0.3) is 21.9 Å². The van der Waals surface area contributed by atoms with Crippen molar-refractivity contribution in [3.8, 4) is 17.0 Å². The summed E-state index contributed by atoms with van der Waals surface area (Å²) in [5.74, 6) is -0.297. The first-order chi connectivity index (χ1) is 21.6. The fourth-order valence-electron chi connectivity index (χ4n) is 5.58. The fraction of sp³-hybridized carbons (Fsp3) is 0.485. The summed E-state index contributed by atoms with van der Waals surface area (Å²) in [4.78, 5) is 48.9. The van der Waals surface area contributed by atoms with Gasteiger partial charge in [-0.3, -0.25) is 15.5 Å². The van der Waals surface area contributed by atoms with Gasteiger partial charge in [0.05, 0.1) is 12.2 Å². The van der Waals surface area contributed by atoms with Crippen LogP contribution in [0.2, 0.25) is 0 Å². The van der Waals surface area contributed by atoms with E-state index >= 15 is 4.39 Å². The molecule has 246 valence electrons. The molecule has 1 fully saturated rings. The van der Waals surface area contributed by atoms with E-state index in [-0.39, 0.29) is 53.6 Å². The maximum absolute atomic E-state index is 16.6. The highest BCUT2D eigenvalue weighted by Crippen LogP contribution is 2.42. The molecule has 0 atom stereocenters. The number of hydrogen-bond acceptors (Lipinski definition) is 8. The van der Waals surface area contributed by atoms with Gasteiger partial charge in [-0.25, -0.2) is 28.7 Å². The second-order valence-corrected chi connectivity index (χ2v) is 13.5. The van der Waals surface area contributed by atoms with Crippen LogP contribution >= 0.6 is 0 Å². The van der Waals surface area contributed by atoms with Crippen molar-refractivity contribution in [2.45, 2.75) is 91.4 Å². The van der Waals surface area contributed by atoms with Crippen LogP contribution in [0.1, 0.15) is 72.8 Å². The SMILES string of the molecule is Cc1c(-c2cc3cc(NC(=O)NC4CCCC4)ncc3c(NC(=O)OC(C)(C)C)c2F)cnc2c1N(C(=O)OC(C)(C)C)CCO2. The molecule has 0 spiro atoms. The summed E-state index contributed by atoms with van der Waals surface area (Å²) >= 11 is 0. The molecule has 3 N–H and O–H groups in total. The predicted molar refractivity (Wildman–Crippen MR) is 173 cm³/mol. The third kappa shape index (κ3) is 7.40. The van der Waals surface area contributed by atoms with Gasteiger partial charge in [0.15, 0.2) is 5.82 Å². The van der Waals surface area contributed by atoms with E-state index in [1.807, 2.05) is 0 Å². The Bertz CT molecular complexity index is 1680. The zero-order valence-corrected chi connectivity index (χ0v) is 27.3. The van der Waals surface area contributed by atoms with Crippen molar-refractivity contribution in [3.05, 3.63) is 35.9 Å². The Kier molecular flexibility index (Phi) is 8.96. The number of rotatable bonds is 4. The summed E-state index contributed by atoms with van der Waals surface area (Å²) in [7, 11) is 0. The van der Waals surface area contributed by atoms with E-state index in [0.717, 1.165) is 25.7 Å². The topological polar surface area (TPSA) is 144 Å². The van der Waals surface area contributed by atoms with Gasteiger partial charge >= 0.3 is 18.2 Å². The van der Waals surface area contributed by atoms with Gasteiger partial charge in [0.25, 0.3) is 0 Å². The van der Waals surface area contributed by atoms with Crippen LogP contribution in [0.4, 0.5) is 36.0 Å². The average molecular weight is 637 g/mol. The van der Waals surface area contributed by atoms with Crippen LogP contribution in [-0.2, 0) is 9.47 Å². The van der Waals surface area contributed by atoms with Crippen LogP contribution in [0, 0.1) is 12.7 Å². The summed E-state index contributed by atoms with van der Waals surface area (Å²) in [5, 5.41) is 9.04. The Labute approximate surface area is 267 Å². The van der Waals surface area contributed by atoms with Crippen molar-refractivity contribution >= 4 is 46.2 Å². The largest absolute Gasteiger partial charge is 0.474 e. The maximum Gasteiger partial charge on any atom is 0.415 e. The van der Waals surface area contributed by atoms with Gasteiger partial charge in [-0.05, 0) is 84.4 Å². The Morgan fingerprint density at radius 2 is 1.65 bits per heavy atom. The molecule has 1 saturated carbocycles. The lowest BCUT2D eigenvalue weighted by Crippen LogP contribution is -2.42. The summed E-state index contributed by atoms with van der Waals surface area (Å²) < 4.78 is 33.4. The molecule has 3 heterocycles.